The van der Waals surface area contributed by atoms with Crippen molar-refractivity contribution in [2.75, 3.05) is 0 Å². The summed E-state index contributed by atoms with van der Waals surface area (Å²) in [5.74, 6) is 0. The van der Waals surface area contributed by atoms with E-state index in [4.69, 9.17) is 8.83 Å². The molecule has 0 radical (unpaired) electrons. The monoisotopic (exact) mass is 954 g/mol. The lowest BCUT2D eigenvalue weighted by Gasteiger charge is -2.05. The SMILES string of the molecule is Brc1ccc(-c2ccccc2)cc1.Brc1ccc2c(c1)oc1c(-c3ccc(-c4ccccc4)cc3)cccc12.Brc1ccc2c(c1)oc1c(Br)cccc12. The number of benzene rings is 8. The molecule has 8 aromatic carbocycles. The second-order valence-electron chi connectivity index (χ2n) is 12.6. The zero-order valence-corrected chi connectivity index (χ0v) is 35.0. The number of hydrogen-bond acceptors (Lipinski definition) is 2. The maximum absolute atomic E-state index is 6.20. The lowest BCUT2D eigenvalue weighted by Crippen LogP contribution is -1.81. The van der Waals surface area contributed by atoms with E-state index in [1.54, 1.807) is 0 Å². The van der Waals surface area contributed by atoms with Gasteiger partial charge in [0.1, 0.15) is 22.3 Å². The lowest BCUT2D eigenvalue weighted by atomic mass is 9.99. The first-order valence-corrected chi connectivity index (χ1v) is 20.4. The standard InChI is InChI=1S/C24H15BrO.C12H6Br2O.C12H9Br/c25-19-13-14-21-22-8-4-7-20(24(22)26-23(21)15-19)18-11-9-17(10-12-18)16-5-2-1-3-6-16;13-7-4-5-8-9-2-1-3-10(14)12(9)15-11(8)6-7;13-12-8-6-11(7-9-12)10-4-2-1-3-5-10/h1-15H;1-6H;1-9H. The Bertz CT molecular complexity index is 2840. The smallest absolute Gasteiger partial charge is 0.149 e. The Labute approximate surface area is 347 Å². The van der Waals surface area contributed by atoms with Crippen molar-refractivity contribution in [3.8, 4) is 33.4 Å². The maximum Gasteiger partial charge on any atom is 0.149 e. The quantitative estimate of drug-likeness (QED) is 0.176. The topological polar surface area (TPSA) is 26.3 Å². The van der Waals surface area contributed by atoms with Crippen molar-refractivity contribution in [1.29, 1.82) is 0 Å². The van der Waals surface area contributed by atoms with Crippen LogP contribution in [0.3, 0.4) is 0 Å². The van der Waals surface area contributed by atoms with Gasteiger partial charge in [-0.25, -0.2) is 0 Å². The summed E-state index contributed by atoms with van der Waals surface area (Å²) in [5, 5.41) is 4.59. The van der Waals surface area contributed by atoms with E-state index in [9.17, 15) is 0 Å². The van der Waals surface area contributed by atoms with Crippen LogP contribution in [0.4, 0.5) is 0 Å². The molecule has 0 aliphatic heterocycles. The van der Waals surface area contributed by atoms with E-state index >= 15 is 0 Å². The van der Waals surface area contributed by atoms with Crippen LogP contribution in [0.2, 0.25) is 0 Å². The molecule has 10 aromatic rings. The van der Waals surface area contributed by atoms with Gasteiger partial charge < -0.3 is 8.83 Å². The minimum Gasteiger partial charge on any atom is -0.455 e. The van der Waals surface area contributed by atoms with Crippen molar-refractivity contribution in [2.24, 2.45) is 0 Å². The number of furan rings is 2. The zero-order valence-electron chi connectivity index (χ0n) is 28.6. The second-order valence-corrected chi connectivity index (χ2v) is 16.2. The Balaban J connectivity index is 0.000000125. The molecule has 0 N–H and O–H groups in total. The van der Waals surface area contributed by atoms with Gasteiger partial charge in [0.25, 0.3) is 0 Å². The zero-order chi connectivity index (χ0) is 37.0. The molecule has 0 atom stereocenters. The van der Waals surface area contributed by atoms with Gasteiger partial charge >= 0.3 is 0 Å². The molecule has 262 valence electrons. The van der Waals surface area contributed by atoms with Crippen LogP contribution in [0.15, 0.2) is 209 Å². The molecule has 0 saturated heterocycles. The van der Waals surface area contributed by atoms with Crippen LogP contribution in [0.25, 0.3) is 77.3 Å². The summed E-state index contributed by atoms with van der Waals surface area (Å²) in [4.78, 5) is 0. The summed E-state index contributed by atoms with van der Waals surface area (Å²) < 4.78 is 16.2. The second kappa shape index (κ2) is 16.3. The van der Waals surface area contributed by atoms with Gasteiger partial charge in [0.15, 0.2) is 0 Å². The number of halogens is 4. The third kappa shape index (κ3) is 7.89. The molecule has 0 spiro atoms. The highest BCUT2D eigenvalue weighted by Gasteiger charge is 2.13. The van der Waals surface area contributed by atoms with E-state index in [1.165, 1.54) is 22.3 Å². The minimum atomic E-state index is 0.905. The summed E-state index contributed by atoms with van der Waals surface area (Å²) in [5.41, 5.74) is 10.9. The van der Waals surface area contributed by atoms with Gasteiger partial charge in [-0.2, -0.15) is 0 Å². The number of hydrogen-bond donors (Lipinski definition) is 0. The van der Waals surface area contributed by atoms with Crippen LogP contribution in [0.1, 0.15) is 0 Å². The first kappa shape index (κ1) is 36.3. The molecule has 0 saturated carbocycles. The molecular formula is C48H30Br4O2. The Hall–Kier alpha value is -4.72. The molecule has 0 fully saturated rings. The van der Waals surface area contributed by atoms with Crippen LogP contribution >= 0.6 is 63.7 Å². The highest BCUT2D eigenvalue weighted by Crippen LogP contribution is 2.38. The van der Waals surface area contributed by atoms with E-state index in [0.717, 1.165) is 72.9 Å². The van der Waals surface area contributed by atoms with Crippen LogP contribution in [0.5, 0.6) is 0 Å². The molecule has 0 amide bonds. The van der Waals surface area contributed by atoms with E-state index in [-0.39, 0.29) is 0 Å². The fraction of sp³-hybridized carbons (Fsp3) is 0. The number of fused-ring (bicyclic) bond motifs is 6. The Morgan fingerprint density at radius 2 is 0.722 bits per heavy atom. The highest BCUT2D eigenvalue weighted by atomic mass is 79.9. The number of para-hydroxylation sites is 2. The van der Waals surface area contributed by atoms with Gasteiger partial charge in [0, 0.05) is 40.5 Å². The first-order chi connectivity index (χ1) is 26.4. The van der Waals surface area contributed by atoms with E-state index < -0.39 is 0 Å². The average molecular weight is 958 g/mol. The molecule has 2 heterocycles. The first-order valence-electron chi connectivity index (χ1n) is 17.3. The molecule has 0 aliphatic rings. The third-order valence-corrected chi connectivity index (χ3v) is 11.3. The van der Waals surface area contributed by atoms with Gasteiger partial charge in [0.05, 0.1) is 4.47 Å². The molecule has 54 heavy (non-hydrogen) atoms. The Morgan fingerprint density at radius 3 is 1.28 bits per heavy atom. The molecule has 10 rings (SSSR count). The average Bonchev–Trinajstić information content (AvgIpc) is 3.78. The fourth-order valence-corrected chi connectivity index (χ4v) is 7.87. The van der Waals surface area contributed by atoms with Gasteiger partial charge in [-0.05, 0) is 98.3 Å². The fourth-order valence-electron chi connectivity index (χ4n) is 6.48. The molecule has 0 bridgehead atoms. The molecule has 0 aliphatic carbocycles. The predicted octanol–water partition coefficient (Wildman–Crippen LogP) is 16.9. The van der Waals surface area contributed by atoms with Crippen LogP contribution in [-0.2, 0) is 0 Å². The normalized spacial score (nSPS) is 11.0. The van der Waals surface area contributed by atoms with Crippen molar-refractivity contribution in [3.05, 3.63) is 200 Å². The van der Waals surface area contributed by atoms with E-state index in [2.05, 4.69) is 203 Å². The Kier molecular flexibility index (Phi) is 11.0. The summed E-state index contributed by atoms with van der Waals surface area (Å²) in [6.07, 6.45) is 0. The van der Waals surface area contributed by atoms with Crippen molar-refractivity contribution < 1.29 is 8.83 Å². The highest BCUT2D eigenvalue weighted by molar-refractivity contribution is 9.11. The summed E-state index contributed by atoms with van der Waals surface area (Å²) in [7, 11) is 0. The minimum absolute atomic E-state index is 0.905. The van der Waals surface area contributed by atoms with Crippen LogP contribution < -0.4 is 0 Å². The van der Waals surface area contributed by atoms with Gasteiger partial charge in [-0.15, -0.1) is 0 Å². The van der Waals surface area contributed by atoms with Crippen molar-refractivity contribution in [3.63, 3.8) is 0 Å². The van der Waals surface area contributed by atoms with Crippen LogP contribution in [-0.4, -0.2) is 0 Å². The molecule has 6 heteroatoms. The third-order valence-electron chi connectivity index (χ3n) is 9.13. The Morgan fingerprint density at radius 1 is 0.296 bits per heavy atom. The van der Waals surface area contributed by atoms with Crippen molar-refractivity contribution in [1.82, 2.24) is 0 Å². The summed E-state index contributed by atoms with van der Waals surface area (Å²) in [6.45, 7) is 0. The van der Waals surface area contributed by atoms with E-state index in [1.807, 2.05) is 42.5 Å². The molecule has 0 unspecified atom stereocenters. The molecule has 2 nitrogen and oxygen atoms in total. The van der Waals surface area contributed by atoms with Gasteiger partial charge in [-0.1, -0.05) is 175 Å². The summed E-state index contributed by atoms with van der Waals surface area (Å²) >= 11 is 13.9. The maximum atomic E-state index is 6.20. The lowest BCUT2D eigenvalue weighted by molar-refractivity contribution is 0.666. The van der Waals surface area contributed by atoms with Gasteiger partial charge in [0.2, 0.25) is 0 Å². The predicted molar refractivity (Wildman–Crippen MR) is 241 cm³/mol. The largest absolute Gasteiger partial charge is 0.455 e. The van der Waals surface area contributed by atoms with Crippen molar-refractivity contribution in [2.45, 2.75) is 0 Å². The molecular weight excluding hydrogens is 928 g/mol. The van der Waals surface area contributed by atoms with Crippen LogP contribution in [0, 0.1) is 0 Å². The summed E-state index contributed by atoms with van der Waals surface area (Å²) in [6, 6.07) is 62.5. The molecule has 2 aromatic heterocycles. The van der Waals surface area contributed by atoms with Crippen molar-refractivity contribution >= 4 is 108 Å². The van der Waals surface area contributed by atoms with E-state index in [0.29, 0.717) is 0 Å². The van der Waals surface area contributed by atoms with Gasteiger partial charge in [-0.3, -0.25) is 0 Å². The number of rotatable bonds is 3.